The van der Waals surface area contributed by atoms with Crippen molar-refractivity contribution in [1.82, 2.24) is 9.88 Å². The van der Waals surface area contributed by atoms with Crippen molar-refractivity contribution in [3.63, 3.8) is 0 Å². The maximum atomic E-state index is 8.79. The van der Waals surface area contributed by atoms with Crippen molar-refractivity contribution >= 4 is 0 Å². The van der Waals surface area contributed by atoms with Crippen LogP contribution in [0.3, 0.4) is 0 Å². The van der Waals surface area contributed by atoms with Gasteiger partial charge in [0.15, 0.2) is 0 Å². The SMILES string of the molecule is N#CC1CCN(Cc2ccccn2)CC1. The second-order valence-electron chi connectivity index (χ2n) is 4.00. The van der Waals surface area contributed by atoms with Gasteiger partial charge in [-0.1, -0.05) is 6.07 Å². The summed E-state index contributed by atoms with van der Waals surface area (Å²) >= 11 is 0. The third-order valence-electron chi connectivity index (χ3n) is 2.88. The standard InChI is InChI=1S/C12H15N3/c13-9-11-4-7-15(8-5-11)10-12-3-1-2-6-14-12/h1-3,6,11H,4-5,7-8,10H2. The quantitative estimate of drug-likeness (QED) is 0.732. The molecule has 1 aliphatic heterocycles. The summed E-state index contributed by atoms with van der Waals surface area (Å²) in [7, 11) is 0. The van der Waals surface area contributed by atoms with E-state index >= 15 is 0 Å². The summed E-state index contributed by atoms with van der Waals surface area (Å²) in [5.74, 6) is 0.269. The first-order valence-electron chi connectivity index (χ1n) is 5.40. The Morgan fingerprint density at radius 1 is 1.40 bits per heavy atom. The van der Waals surface area contributed by atoms with Crippen LogP contribution in [0.2, 0.25) is 0 Å². The molecule has 0 aliphatic carbocycles. The van der Waals surface area contributed by atoms with E-state index in [0.717, 1.165) is 38.2 Å². The molecule has 1 fully saturated rings. The van der Waals surface area contributed by atoms with E-state index in [2.05, 4.69) is 22.0 Å². The van der Waals surface area contributed by atoms with E-state index < -0.39 is 0 Å². The molecule has 0 bridgehead atoms. The molecule has 2 rings (SSSR count). The zero-order valence-electron chi connectivity index (χ0n) is 8.76. The molecule has 15 heavy (non-hydrogen) atoms. The third-order valence-corrected chi connectivity index (χ3v) is 2.88. The molecule has 78 valence electrons. The highest BCUT2D eigenvalue weighted by Gasteiger charge is 2.18. The smallest absolute Gasteiger partial charge is 0.0656 e. The average Bonchev–Trinajstić information content (AvgIpc) is 2.31. The van der Waals surface area contributed by atoms with Crippen molar-refractivity contribution in [3.05, 3.63) is 30.1 Å². The van der Waals surface area contributed by atoms with Gasteiger partial charge in [0.25, 0.3) is 0 Å². The van der Waals surface area contributed by atoms with Gasteiger partial charge in [0.05, 0.1) is 11.8 Å². The highest BCUT2D eigenvalue weighted by atomic mass is 15.1. The molecule has 1 aromatic rings. The molecule has 3 nitrogen and oxygen atoms in total. The molecule has 0 atom stereocenters. The Balaban J connectivity index is 1.85. The molecule has 3 heteroatoms. The van der Waals surface area contributed by atoms with E-state index in [0.29, 0.717) is 0 Å². The number of hydrogen-bond acceptors (Lipinski definition) is 3. The van der Waals surface area contributed by atoms with E-state index in [4.69, 9.17) is 5.26 Å². The van der Waals surface area contributed by atoms with Crippen LogP contribution in [0.25, 0.3) is 0 Å². The minimum Gasteiger partial charge on any atom is -0.297 e. The maximum absolute atomic E-state index is 8.79. The van der Waals surface area contributed by atoms with Gasteiger partial charge in [0.2, 0.25) is 0 Å². The second kappa shape index (κ2) is 4.90. The van der Waals surface area contributed by atoms with Crippen LogP contribution in [0, 0.1) is 17.2 Å². The van der Waals surface area contributed by atoms with Crippen molar-refractivity contribution in [1.29, 1.82) is 5.26 Å². The Morgan fingerprint density at radius 3 is 2.80 bits per heavy atom. The first-order chi connectivity index (χ1) is 7.38. The Bertz CT molecular complexity index is 334. The summed E-state index contributed by atoms with van der Waals surface area (Å²) in [6, 6.07) is 8.35. The number of pyridine rings is 1. The minimum absolute atomic E-state index is 0.269. The fourth-order valence-corrected chi connectivity index (χ4v) is 1.94. The number of nitriles is 1. The molecular weight excluding hydrogens is 186 g/mol. The van der Waals surface area contributed by atoms with Crippen molar-refractivity contribution in [3.8, 4) is 6.07 Å². The second-order valence-corrected chi connectivity index (χ2v) is 4.00. The van der Waals surface area contributed by atoms with Crippen LogP contribution in [0.4, 0.5) is 0 Å². The largest absolute Gasteiger partial charge is 0.297 e. The van der Waals surface area contributed by atoms with Crippen LogP contribution < -0.4 is 0 Å². The van der Waals surface area contributed by atoms with Crippen LogP contribution in [0.5, 0.6) is 0 Å². The van der Waals surface area contributed by atoms with Gasteiger partial charge in [0, 0.05) is 18.7 Å². The van der Waals surface area contributed by atoms with Crippen LogP contribution in [0.15, 0.2) is 24.4 Å². The molecule has 0 amide bonds. The van der Waals surface area contributed by atoms with Crippen LogP contribution in [0.1, 0.15) is 18.5 Å². The van der Waals surface area contributed by atoms with E-state index in [-0.39, 0.29) is 5.92 Å². The normalized spacial score (nSPS) is 18.6. The molecule has 0 spiro atoms. The van der Waals surface area contributed by atoms with Crippen molar-refractivity contribution < 1.29 is 0 Å². The Hall–Kier alpha value is -1.40. The zero-order valence-corrected chi connectivity index (χ0v) is 8.76. The van der Waals surface area contributed by atoms with Crippen molar-refractivity contribution in [2.45, 2.75) is 19.4 Å². The number of hydrogen-bond donors (Lipinski definition) is 0. The van der Waals surface area contributed by atoms with Crippen molar-refractivity contribution in [2.75, 3.05) is 13.1 Å². The van der Waals surface area contributed by atoms with E-state index in [1.54, 1.807) is 0 Å². The zero-order chi connectivity index (χ0) is 10.5. The number of piperidine rings is 1. The number of likely N-dealkylation sites (tertiary alicyclic amines) is 1. The molecule has 0 unspecified atom stereocenters. The summed E-state index contributed by atoms with van der Waals surface area (Å²) in [5, 5.41) is 8.79. The Kier molecular flexibility index (Phi) is 3.31. The molecule has 0 radical (unpaired) electrons. The molecule has 1 saturated heterocycles. The van der Waals surface area contributed by atoms with Gasteiger partial charge in [-0.3, -0.25) is 9.88 Å². The van der Waals surface area contributed by atoms with Gasteiger partial charge in [0.1, 0.15) is 0 Å². The lowest BCUT2D eigenvalue weighted by atomic mass is 9.98. The number of rotatable bonds is 2. The minimum atomic E-state index is 0.269. The highest BCUT2D eigenvalue weighted by molar-refractivity contribution is 5.03. The van der Waals surface area contributed by atoms with Crippen molar-refractivity contribution in [2.24, 2.45) is 5.92 Å². The third kappa shape index (κ3) is 2.77. The topological polar surface area (TPSA) is 39.9 Å². The Labute approximate surface area is 90.4 Å². The average molecular weight is 201 g/mol. The summed E-state index contributed by atoms with van der Waals surface area (Å²) < 4.78 is 0. The predicted octanol–water partition coefficient (Wildman–Crippen LogP) is 1.82. The first-order valence-corrected chi connectivity index (χ1v) is 5.40. The van der Waals surface area contributed by atoms with Gasteiger partial charge in [-0.2, -0.15) is 5.26 Å². The number of aromatic nitrogens is 1. The lowest BCUT2D eigenvalue weighted by Crippen LogP contribution is -2.32. The molecule has 1 aliphatic rings. The molecular formula is C12H15N3. The van der Waals surface area contributed by atoms with Gasteiger partial charge >= 0.3 is 0 Å². The maximum Gasteiger partial charge on any atom is 0.0656 e. The fourth-order valence-electron chi connectivity index (χ4n) is 1.94. The van der Waals surface area contributed by atoms with E-state index in [9.17, 15) is 0 Å². The number of nitrogens with zero attached hydrogens (tertiary/aromatic N) is 3. The summed E-state index contributed by atoms with van der Waals surface area (Å²) in [6.07, 6.45) is 3.84. The van der Waals surface area contributed by atoms with E-state index in [1.165, 1.54) is 0 Å². The molecule has 0 saturated carbocycles. The summed E-state index contributed by atoms with van der Waals surface area (Å²) in [4.78, 5) is 6.68. The lowest BCUT2D eigenvalue weighted by Gasteiger charge is -2.28. The first kappa shape index (κ1) is 10.1. The fraction of sp³-hybridized carbons (Fsp3) is 0.500. The van der Waals surface area contributed by atoms with Crippen LogP contribution >= 0.6 is 0 Å². The predicted molar refractivity (Wildman–Crippen MR) is 57.9 cm³/mol. The monoisotopic (exact) mass is 201 g/mol. The van der Waals surface area contributed by atoms with Crippen LogP contribution in [-0.4, -0.2) is 23.0 Å². The van der Waals surface area contributed by atoms with Gasteiger partial charge in [-0.15, -0.1) is 0 Å². The lowest BCUT2D eigenvalue weighted by molar-refractivity contribution is 0.196. The molecule has 0 N–H and O–H groups in total. The summed E-state index contributed by atoms with van der Waals surface area (Å²) in [5.41, 5.74) is 1.12. The van der Waals surface area contributed by atoms with Gasteiger partial charge in [-0.05, 0) is 38.1 Å². The Morgan fingerprint density at radius 2 is 2.20 bits per heavy atom. The van der Waals surface area contributed by atoms with E-state index in [1.807, 2.05) is 18.3 Å². The van der Waals surface area contributed by atoms with Crippen LogP contribution in [-0.2, 0) is 6.54 Å². The van der Waals surface area contributed by atoms with Gasteiger partial charge in [-0.25, -0.2) is 0 Å². The molecule has 2 heterocycles. The highest BCUT2D eigenvalue weighted by Crippen LogP contribution is 2.17. The van der Waals surface area contributed by atoms with Gasteiger partial charge < -0.3 is 0 Å². The molecule has 1 aromatic heterocycles. The summed E-state index contributed by atoms with van der Waals surface area (Å²) in [6.45, 7) is 2.96. The molecule has 0 aromatic carbocycles.